The van der Waals surface area contributed by atoms with Crippen molar-refractivity contribution in [3.8, 4) is 0 Å². The third-order valence-electron chi connectivity index (χ3n) is 5.32. The lowest BCUT2D eigenvalue weighted by Crippen LogP contribution is -2.58. The predicted octanol–water partition coefficient (Wildman–Crippen LogP) is 4.03. The number of benzene rings is 3. The van der Waals surface area contributed by atoms with Crippen molar-refractivity contribution < 1.29 is 24.4 Å². The van der Waals surface area contributed by atoms with Crippen LogP contribution in [0.3, 0.4) is 0 Å². The summed E-state index contributed by atoms with van der Waals surface area (Å²) in [4.78, 5) is 0.955. The highest BCUT2D eigenvalue weighted by Gasteiger charge is 2.45. The maximum atomic E-state index is 10.9. The van der Waals surface area contributed by atoms with Gasteiger partial charge in [-0.2, -0.15) is 0 Å². The first-order chi connectivity index (χ1) is 15.7. The highest BCUT2D eigenvalue weighted by Crippen LogP contribution is 2.34. The SMILES string of the molecule is O[C@@H]1[C@@H](O)[C@H](Sc2ccccc2)O[C@H](COCc2ccccc2)[C@@H]1OCc1ccccc1. The van der Waals surface area contributed by atoms with Gasteiger partial charge in [0.15, 0.2) is 0 Å². The lowest BCUT2D eigenvalue weighted by Gasteiger charge is -2.42. The minimum Gasteiger partial charge on any atom is -0.387 e. The quantitative estimate of drug-likeness (QED) is 0.511. The fraction of sp³-hybridized carbons (Fsp3) is 0.308. The molecule has 1 aliphatic heterocycles. The molecule has 2 N–H and O–H groups in total. The Morgan fingerprint density at radius 3 is 1.91 bits per heavy atom. The van der Waals surface area contributed by atoms with E-state index in [1.807, 2.05) is 91.0 Å². The highest BCUT2D eigenvalue weighted by molar-refractivity contribution is 7.99. The first-order valence-electron chi connectivity index (χ1n) is 10.7. The average molecular weight is 453 g/mol. The molecule has 1 aliphatic rings. The second-order valence-corrected chi connectivity index (χ2v) is 8.89. The van der Waals surface area contributed by atoms with Crippen LogP contribution >= 0.6 is 11.8 Å². The summed E-state index contributed by atoms with van der Waals surface area (Å²) in [5.74, 6) is 0. The monoisotopic (exact) mass is 452 g/mol. The van der Waals surface area contributed by atoms with E-state index in [9.17, 15) is 10.2 Å². The molecule has 0 aliphatic carbocycles. The van der Waals surface area contributed by atoms with Crippen molar-refractivity contribution in [1.29, 1.82) is 0 Å². The van der Waals surface area contributed by atoms with Gasteiger partial charge in [-0.05, 0) is 23.3 Å². The van der Waals surface area contributed by atoms with Crippen molar-refractivity contribution in [2.75, 3.05) is 6.61 Å². The largest absolute Gasteiger partial charge is 0.387 e. The summed E-state index contributed by atoms with van der Waals surface area (Å²) < 4.78 is 18.2. The van der Waals surface area contributed by atoms with E-state index in [0.717, 1.165) is 16.0 Å². The average Bonchev–Trinajstić information content (AvgIpc) is 2.84. The molecule has 0 unspecified atom stereocenters. The first-order valence-corrected chi connectivity index (χ1v) is 11.6. The predicted molar refractivity (Wildman–Crippen MR) is 124 cm³/mol. The first kappa shape index (κ1) is 23.0. The van der Waals surface area contributed by atoms with Gasteiger partial charge in [-0.1, -0.05) is 90.6 Å². The zero-order valence-electron chi connectivity index (χ0n) is 17.7. The summed E-state index contributed by atoms with van der Waals surface area (Å²) in [6, 6.07) is 29.3. The molecule has 0 amide bonds. The molecule has 1 heterocycles. The minimum atomic E-state index is -1.10. The molecule has 6 heteroatoms. The Kier molecular flexibility index (Phi) is 8.34. The van der Waals surface area contributed by atoms with Gasteiger partial charge in [0.05, 0.1) is 19.8 Å². The molecular formula is C26H28O5S. The standard InChI is InChI=1S/C26H28O5S/c27-23-24(28)26(32-21-14-8-3-9-15-21)31-22(18-29-16-19-10-4-1-5-11-19)25(23)30-17-20-12-6-2-7-13-20/h1-15,22-28H,16-18H2/t22-,23-,24-,25+,26+/m1/s1. The van der Waals surface area contributed by atoms with Gasteiger partial charge < -0.3 is 24.4 Å². The zero-order chi connectivity index (χ0) is 22.2. The third-order valence-corrected chi connectivity index (χ3v) is 6.48. The van der Waals surface area contributed by atoms with Gasteiger partial charge in [-0.25, -0.2) is 0 Å². The van der Waals surface area contributed by atoms with E-state index in [4.69, 9.17) is 14.2 Å². The molecule has 0 bridgehead atoms. The lowest BCUT2D eigenvalue weighted by molar-refractivity contribution is -0.228. The van der Waals surface area contributed by atoms with Crippen molar-refractivity contribution in [2.45, 2.75) is 48.0 Å². The van der Waals surface area contributed by atoms with Crippen LogP contribution in [0.15, 0.2) is 95.9 Å². The molecular weight excluding hydrogens is 424 g/mol. The fourth-order valence-electron chi connectivity index (χ4n) is 3.61. The molecule has 3 aromatic rings. The smallest absolute Gasteiger partial charge is 0.136 e. The van der Waals surface area contributed by atoms with Crippen LogP contribution in [0.1, 0.15) is 11.1 Å². The van der Waals surface area contributed by atoms with Gasteiger partial charge in [-0.15, -0.1) is 0 Å². The summed E-state index contributed by atoms with van der Waals surface area (Å²) in [5.41, 5.74) is 1.41. The van der Waals surface area contributed by atoms with Crippen LogP contribution in [-0.2, 0) is 27.4 Å². The molecule has 0 radical (unpaired) electrons. The van der Waals surface area contributed by atoms with Crippen LogP contribution in [0.4, 0.5) is 0 Å². The van der Waals surface area contributed by atoms with Crippen molar-refractivity contribution in [3.63, 3.8) is 0 Å². The van der Waals surface area contributed by atoms with Crippen LogP contribution in [0.2, 0.25) is 0 Å². The van der Waals surface area contributed by atoms with Gasteiger partial charge in [0.1, 0.15) is 29.9 Å². The second-order valence-electron chi connectivity index (χ2n) is 7.72. The molecule has 5 atom stereocenters. The van der Waals surface area contributed by atoms with Gasteiger partial charge >= 0.3 is 0 Å². The highest BCUT2D eigenvalue weighted by atomic mass is 32.2. The number of rotatable bonds is 9. The molecule has 1 fully saturated rings. The van der Waals surface area contributed by atoms with Crippen LogP contribution in [0.5, 0.6) is 0 Å². The Hall–Kier alpha value is -2.19. The molecule has 3 aromatic carbocycles. The molecule has 0 saturated carbocycles. The Labute approximate surface area is 193 Å². The van der Waals surface area contributed by atoms with Gasteiger partial charge in [-0.3, -0.25) is 0 Å². The van der Waals surface area contributed by atoms with Gasteiger partial charge in [0, 0.05) is 4.90 Å². The van der Waals surface area contributed by atoms with Crippen molar-refractivity contribution in [2.24, 2.45) is 0 Å². The van der Waals surface area contributed by atoms with Crippen LogP contribution in [-0.4, -0.2) is 46.7 Å². The van der Waals surface area contributed by atoms with E-state index in [1.54, 1.807) is 0 Å². The summed E-state index contributed by atoms with van der Waals surface area (Å²) in [5, 5.41) is 21.7. The molecule has 168 valence electrons. The maximum absolute atomic E-state index is 10.9. The number of aliphatic hydroxyl groups excluding tert-OH is 2. The Morgan fingerprint density at radius 2 is 1.28 bits per heavy atom. The second kappa shape index (κ2) is 11.6. The van der Waals surface area contributed by atoms with E-state index in [0.29, 0.717) is 13.2 Å². The van der Waals surface area contributed by atoms with E-state index in [-0.39, 0.29) is 6.61 Å². The number of aliphatic hydroxyl groups is 2. The Balaban J connectivity index is 1.44. The normalized spacial score (nSPS) is 25.5. The van der Waals surface area contributed by atoms with E-state index in [2.05, 4.69) is 0 Å². The minimum absolute atomic E-state index is 0.240. The molecule has 0 aromatic heterocycles. The van der Waals surface area contributed by atoms with Crippen molar-refractivity contribution in [1.82, 2.24) is 0 Å². The van der Waals surface area contributed by atoms with Crippen LogP contribution in [0.25, 0.3) is 0 Å². The Bertz CT molecular complexity index is 925. The maximum Gasteiger partial charge on any atom is 0.136 e. The van der Waals surface area contributed by atoms with E-state index < -0.39 is 29.9 Å². The molecule has 1 saturated heterocycles. The molecule has 4 rings (SSSR count). The Morgan fingerprint density at radius 1 is 0.719 bits per heavy atom. The van der Waals surface area contributed by atoms with Crippen LogP contribution in [0, 0.1) is 0 Å². The van der Waals surface area contributed by atoms with Crippen molar-refractivity contribution in [3.05, 3.63) is 102 Å². The molecule has 5 nitrogen and oxygen atoms in total. The summed E-state index contributed by atoms with van der Waals surface area (Å²) in [6.07, 6.45) is -3.43. The van der Waals surface area contributed by atoms with Gasteiger partial charge in [0.25, 0.3) is 0 Å². The van der Waals surface area contributed by atoms with E-state index in [1.165, 1.54) is 11.8 Å². The third kappa shape index (κ3) is 6.19. The zero-order valence-corrected chi connectivity index (χ0v) is 18.5. The summed E-state index contributed by atoms with van der Waals surface area (Å²) >= 11 is 1.38. The number of hydrogen-bond donors (Lipinski definition) is 2. The van der Waals surface area contributed by atoms with Crippen LogP contribution < -0.4 is 0 Å². The summed E-state index contributed by atoms with van der Waals surface area (Å²) in [6.45, 7) is 0.982. The number of thioether (sulfide) groups is 1. The van der Waals surface area contributed by atoms with Gasteiger partial charge in [0.2, 0.25) is 0 Å². The molecule has 32 heavy (non-hydrogen) atoms. The van der Waals surface area contributed by atoms with Crippen molar-refractivity contribution >= 4 is 11.8 Å². The fourth-order valence-corrected chi connectivity index (χ4v) is 4.69. The topological polar surface area (TPSA) is 68.2 Å². The number of ether oxygens (including phenoxy) is 3. The summed E-state index contributed by atoms with van der Waals surface area (Å²) in [7, 11) is 0. The number of hydrogen-bond acceptors (Lipinski definition) is 6. The lowest BCUT2D eigenvalue weighted by atomic mass is 10.00. The van der Waals surface area contributed by atoms with E-state index >= 15 is 0 Å². The molecule has 0 spiro atoms.